The van der Waals surface area contributed by atoms with Gasteiger partial charge in [-0.3, -0.25) is 9.79 Å². The van der Waals surface area contributed by atoms with Crippen molar-refractivity contribution in [2.24, 2.45) is 4.99 Å². The highest BCUT2D eigenvalue weighted by Crippen LogP contribution is 2.06. The minimum Gasteiger partial charge on any atom is -0.467 e. The molecule has 6 nitrogen and oxygen atoms in total. The Labute approximate surface area is 194 Å². The molecule has 3 rings (SSSR count). The average molecular weight is 518 g/mol. The number of carbonyl (C=O) groups is 1. The molecule has 0 fully saturated rings. The second kappa shape index (κ2) is 12.7. The normalized spacial score (nSPS) is 10.8. The van der Waals surface area contributed by atoms with Crippen LogP contribution in [0.2, 0.25) is 0 Å². The van der Waals surface area contributed by atoms with Gasteiger partial charge in [0.15, 0.2) is 5.96 Å². The highest BCUT2D eigenvalue weighted by atomic mass is 127. The predicted molar refractivity (Wildman–Crippen MR) is 130 cm³/mol. The van der Waals surface area contributed by atoms with E-state index in [1.807, 2.05) is 42.5 Å². The average Bonchev–Trinajstić information content (AvgIpc) is 3.29. The zero-order valence-corrected chi connectivity index (χ0v) is 19.3. The summed E-state index contributed by atoms with van der Waals surface area (Å²) < 4.78 is 5.24. The van der Waals surface area contributed by atoms with Crippen LogP contribution in [0, 0.1) is 0 Å². The number of nitrogens with one attached hydrogen (secondary N) is 3. The molecule has 0 aliphatic carbocycles. The number of hydrogen-bond donors (Lipinski definition) is 3. The number of nitrogens with zero attached hydrogens (tertiary/aromatic N) is 1. The lowest BCUT2D eigenvalue weighted by Gasteiger charge is -2.12. The van der Waals surface area contributed by atoms with E-state index in [0.717, 1.165) is 30.2 Å². The van der Waals surface area contributed by atoms with Crippen molar-refractivity contribution in [2.75, 3.05) is 13.6 Å². The first-order valence-corrected chi connectivity index (χ1v) is 9.62. The zero-order chi connectivity index (χ0) is 20.3. The molecule has 0 atom stereocenters. The molecule has 0 saturated carbocycles. The molecule has 30 heavy (non-hydrogen) atoms. The van der Waals surface area contributed by atoms with Gasteiger partial charge in [0.1, 0.15) is 5.76 Å². The van der Waals surface area contributed by atoms with E-state index in [0.29, 0.717) is 18.7 Å². The summed E-state index contributed by atoms with van der Waals surface area (Å²) in [7, 11) is 1.75. The Hall–Kier alpha value is -2.81. The maximum Gasteiger partial charge on any atom is 0.251 e. The molecular weight excluding hydrogens is 491 g/mol. The third kappa shape index (κ3) is 7.55. The quantitative estimate of drug-likeness (QED) is 0.241. The van der Waals surface area contributed by atoms with Gasteiger partial charge in [-0.2, -0.15) is 0 Å². The van der Waals surface area contributed by atoms with Gasteiger partial charge in [-0.05, 0) is 41.8 Å². The Bertz CT molecular complexity index is 927. The van der Waals surface area contributed by atoms with E-state index in [2.05, 4.69) is 33.1 Å². The van der Waals surface area contributed by atoms with Gasteiger partial charge < -0.3 is 20.4 Å². The van der Waals surface area contributed by atoms with E-state index in [9.17, 15) is 4.79 Å². The van der Waals surface area contributed by atoms with Crippen molar-refractivity contribution < 1.29 is 9.21 Å². The van der Waals surface area contributed by atoms with Crippen LogP contribution in [0.5, 0.6) is 0 Å². The Morgan fingerprint density at radius 3 is 2.43 bits per heavy atom. The largest absolute Gasteiger partial charge is 0.467 e. The fraction of sp³-hybridized carbons (Fsp3) is 0.217. The van der Waals surface area contributed by atoms with E-state index in [1.54, 1.807) is 25.4 Å². The number of carbonyl (C=O) groups excluding carboxylic acids is 1. The number of aliphatic imine (C=N–C) groups is 1. The highest BCUT2D eigenvalue weighted by molar-refractivity contribution is 14.0. The minimum absolute atomic E-state index is 0. The molecule has 1 aromatic heterocycles. The molecule has 0 aliphatic rings. The first-order chi connectivity index (χ1) is 14.2. The van der Waals surface area contributed by atoms with Crippen LogP contribution in [-0.4, -0.2) is 25.5 Å². The number of furan rings is 1. The molecule has 1 heterocycles. The Kier molecular flexibility index (Phi) is 9.93. The van der Waals surface area contributed by atoms with Crippen LogP contribution in [-0.2, 0) is 19.5 Å². The van der Waals surface area contributed by atoms with Crippen LogP contribution in [0.1, 0.15) is 27.2 Å². The summed E-state index contributed by atoms with van der Waals surface area (Å²) in [6.07, 6.45) is 2.52. The van der Waals surface area contributed by atoms with Crippen molar-refractivity contribution in [1.82, 2.24) is 16.0 Å². The van der Waals surface area contributed by atoms with Crippen LogP contribution in [0.4, 0.5) is 0 Å². The van der Waals surface area contributed by atoms with E-state index in [4.69, 9.17) is 4.42 Å². The van der Waals surface area contributed by atoms with Gasteiger partial charge in [0.25, 0.3) is 5.91 Å². The van der Waals surface area contributed by atoms with Crippen LogP contribution >= 0.6 is 24.0 Å². The molecule has 0 spiro atoms. The van der Waals surface area contributed by atoms with Gasteiger partial charge in [-0.25, -0.2) is 0 Å². The molecule has 3 aromatic rings. The van der Waals surface area contributed by atoms with Gasteiger partial charge in [0.05, 0.1) is 12.8 Å². The number of rotatable bonds is 8. The molecule has 0 radical (unpaired) electrons. The highest BCUT2D eigenvalue weighted by Gasteiger charge is 2.07. The van der Waals surface area contributed by atoms with Crippen molar-refractivity contribution in [2.45, 2.75) is 19.5 Å². The first kappa shape index (κ1) is 23.5. The monoisotopic (exact) mass is 518 g/mol. The number of halogens is 1. The predicted octanol–water partition coefficient (Wildman–Crippen LogP) is 3.74. The molecule has 2 aromatic carbocycles. The number of amides is 1. The van der Waals surface area contributed by atoms with Crippen LogP contribution < -0.4 is 16.0 Å². The Morgan fingerprint density at radius 1 is 0.900 bits per heavy atom. The second-order valence-electron chi connectivity index (χ2n) is 6.55. The molecule has 0 bridgehead atoms. The molecule has 0 aliphatic heterocycles. The van der Waals surface area contributed by atoms with Gasteiger partial charge in [-0.15, -0.1) is 24.0 Å². The SMILES string of the molecule is CN=C(NCCc1ccccc1)NCc1cccc(C(=O)NCc2ccco2)c1.I. The van der Waals surface area contributed by atoms with Crippen molar-refractivity contribution in [3.8, 4) is 0 Å². The molecule has 158 valence electrons. The van der Waals surface area contributed by atoms with Gasteiger partial charge >= 0.3 is 0 Å². The maximum atomic E-state index is 12.4. The molecule has 1 amide bonds. The summed E-state index contributed by atoms with van der Waals surface area (Å²) >= 11 is 0. The number of benzene rings is 2. The molecule has 0 saturated heterocycles. The fourth-order valence-corrected chi connectivity index (χ4v) is 2.88. The van der Waals surface area contributed by atoms with Crippen molar-refractivity contribution in [3.05, 3.63) is 95.4 Å². The lowest BCUT2D eigenvalue weighted by atomic mass is 10.1. The first-order valence-electron chi connectivity index (χ1n) is 9.62. The number of guanidine groups is 1. The molecular formula is C23H27IN4O2. The standard InChI is InChI=1S/C23H26N4O2.HI/c1-24-23(25-13-12-18-7-3-2-4-8-18)27-16-19-9-5-10-20(15-19)22(28)26-17-21-11-6-14-29-21;/h2-11,14-15H,12-13,16-17H2,1H3,(H,26,28)(H2,24,25,27);1H. The Balaban J connectivity index is 0.00000320. The van der Waals surface area contributed by atoms with Crippen LogP contribution in [0.25, 0.3) is 0 Å². The fourth-order valence-electron chi connectivity index (χ4n) is 2.88. The van der Waals surface area contributed by atoms with Gasteiger partial charge in [0.2, 0.25) is 0 Å². The maximum absolute atomic E-state index is 12.4. The van der Waals surface area contributed by atoms with Crippen molar-refractivity contribution in [1.29, 1.82) is 0 Å². The summed E-state index contributed by atoms with van der Waals surface area (Å²) in [5.41, 5.74) is 2.90. The van der Waals surface area contributed by atoms with Gasteiger partial charge in [-0.1, -0.05) is 42.5 Å². The smallest absolute Gasteiger partial charge is 0.251 e. The molecule has 7 heteroatoms. The van der Waals surface area contributed by atoms with E-state index in [1.165, 1.54) is 5.56 Å². The third-order valence-electron chi connectivity index (χ3n) is 4.42. The van der Waals surface area contributed by atoms with Crippen LogP contribution in [0.15, 0.2) is 82.4 Å². The summed E-state index contributed by atoms with van der Waals surface area (Å²) in [6.45, 7) is 1.73. The number of hydrogen-bond acceptors (Lipinski definition) is 3. The lowest BCUT2D eigenvalue weighted by Crippen LogP contribution is -2.37. The molecule has 3 N–H and O–H groups in total. The Morgan fingerprint density at radius 2 is 1.70 bits per heavy atom. The third-order valence-corrected chi connectivity index (χ3v) is 4.42. The van der Waals surface area contributed by atoms with Crippen molar-refractivity contribution in [3.63, 3.8) is 0 Å². The van der Waals surface area contributed by atoms with E-state index in [-0.39, 0.29) is 29.9 Å². The zero-order valence-electron chi connectivity index (χ0n) is 16.9. The second-order valence-corrected chi connectivity index (χ2v) is 6.55. The van der Waals surface area contributed by atoms with E-state index >= 15 is 0 Å². The van der Waals surface area contributed by atoms with Crippen LogP contribution in [0.3, 0.4) is 0 Å². The summed E-state index contributed by atoms with van der Waals surface area (Å²) in [5, 5.41) is 9.45. The lowest BCUT2D eigenvalue weighted by molar-refractivity contribution is 0.0948. The minimum atomic E-state index is -0.131. The summed E-state index contributed by atoms with van der Waals surface area (Å²) in [4.78, 5) is 16.6. The molecule has 0 unspecified atom stereocenters. The topological polar surface area (TPSA) is 78.7 Å². The van der Waals surface area contributed by atoms with Gasteiger partial charge in [0, 0.05) is 25.7 Å². The summed E-state index contributed by atoms with van der Waals surface area (Å²) in [5.74, 6) is 1.32. The van der Waals surface area contributed by atoms with Crippen molar-refractivity contribution >= 4 is 35.8 Å². The summed E-state index contributed by atoms with van der Waals surface area (Å²) in [6, 6.07) is 21.5. The van der Waals surface area contributed by atoms with E-state index < -0.39 is 0 Å².